The van der Waals surface area contributed by atoms with Crippen molar-refractivity contribution in [3.8, 4) is 0 Å². The van der Waals surface area contributed by atoms with Crippen molar-refractivity contribution in [2.75, 3.05) is 20.1 Å². The lowest BCUT2D eigenvalue weighted by Gasteiger charge is -2.24. The van der Waals surface area contributed by atoms with Gasteiger partial charge >= 0.3 is 12.0 Å². The Morgan fingerprint density at radius 1 is 1.28 bits per heavy atom. The quantitative estimate of drug-likeness (QED) is 0.619. The van der Waals surface area contributed by atoms with Crippen LogP contribution in [0.4, 0.5) is 4.79 Å². The molecule has 3 amide bonds. The zero-order chi connectivity index (χ0) is 14.3. The third-order valence-corrected chi connectivity index (χ3v) is 2.49. The van der Waals surface area contributed by atoms with Gasteiger partial charge in [-0.25, -0.2) is 9.59 Å². The van der Waals surface area contributed by atoms with Crippen molar-refractivity contribution in [2.45, 2.75) is 26.8 Å². The number of nitrogens with one attached hydrogen (secondary N) is 2. The topological polar surface area (TPSA) is 98.7 Å². The third kappa shape index (κ3) is 5.03. The van der Waals surface area contributed by atoms with Crippen molar-refractivity contribution >= 4 is 17.9 Å². The first-order valence-electron chi connectivity index (χ1n) is 5.82. The maximum Gasteiger partial charge on any atom is 0.326 e. The maximum atomic E-state index is 11.8. The second kappa shape index (κ2) is 7.52. The van der Waals surface area contributed by atoms with E-state index in [4.69, 9.17) is 5.11 Å². The van der Waals surface area contributed by atoms with Gasteiger partial charge in [0, 0.05) is 13.6 Å². The molecule has 0 saturated heterocycles. The van der Waals surface area contributed by atoms with Gasteiger partial charge in [0.15, 0.2) is 0 Å². The van der Waals surface area contributed by atoms with E-state index in [0.29, 0.717) is 6.54 Å². The lowest BCUT2D eigenvalue weighted by Crippen LogP contribution is -2.52. The summed E-state index contributed by atoms with van der Waals surface area (Å²) in [6, 6.07) is -1.52. The molecule has 0 aromatic rings. The number of carboxylic acids is 1. The van der Waals surface area contributed by atoms with Gasteiger partial charge in [-0.15, -0.1) is 0 Å². The Morgan fingerprint density at radius 2 is 1.83 bits per heavy atom. The molecule has 0 spiro atoms. The number of likely N-dealkylation sites (N-methyl/N-ethyl adjacent to an activating group) is 2. The Labute approximate surface area is 107 Å². The van der Waals surface area contributed by atoms with Crippen LogP contribution in [-0.4, -0.2) is 54.1 Å². The molecule has 0 aliphatic heterocycles. The summed E-state index contributed by atoms with van der Waals surface area (Å²) in [6.45, 7) is 5.35. The van der Waals surface area contributed by atoms with Crippen molar-refractivity contribution in [2.24, 2.45) is 5.92 Å². The van der Waals surface area contributed by atoms with Crippen LogP contribution in [0.25, 0.3) is 0 Å². The lowest BCUT2D eigenvalue weighted by molar-refractivity contribution is -0.140. The molecule has 3 N–H and O–H groups in total. The molecule has 7 nitrogen and oxygen atoms in total. The molecule has 104 valence electrons. The summed E-state index contributed by atoms with van der Waals surface area (Å²) in [4.78, 5) is 35.2. The molecule has 18 heavy (non-hydrogen) atoms. The molecule has 0 aromatic heterocycles. The highest BCUT2D eigenvalue weighted by Crippen LogP contribution is 2.03. The van der Waals surface area contributed by atoms with Gasteiger partial charge in [-0.2, -0.15) is 0 Å². The van der Waals surface area contributed by atoms with Gasteiger partial charge in [0.1, 0.15) is 12.6 Å². The van der Waals surface area contributed by atoms with Crippen molar-refractivity contribution in [1.29, 1.82) is 0 Å². The van der Waals surface area contributed by atoms with Crippen molar-refractivity contribution in [3.63, 3.8) is 0 Å². The standard InChI is InChI=1S/C11H21N3O4/c1-5-14(6-8(15)12-4)11(18)13-9(7(2)3)10(16)17/h7,9H,5-6H2,1-4H3,(H,12,15)(H,13,18)(H,16,17). The first kappa shape index (κ1) is 16.2. The molecule has 1 atom stereocenters. The molecule has 0 radical (unpaired) electrons. The summed E-state index contributed by atoms with van der Waals surface area (Å²) in [6.07, 6.45) is 0. The number of amides is 3. The maximum absolute atomic E-state index is 11.8. The zero-order valence-electron chi connectivity index (χ0n) is 11.2. The SMILES string of the molecule is CCN(CC(=O)NC)C(=O)NC(C(=O)O)C(C)C. The Bertz CT molecular complexity index is 317. The summed E-state index contributed by atoms with van der Waals surface area (Å²) in [5.41, 5.74) is 0. The smallest absolute Gasteiger partial charge is 0.326 e. The fourth-order valence-corrected chi connectivity index (χ4v) is 1.32. The molecule has 1 unspecified atom stereocenters. The van der Waals surface area contributed by atoms with Gasteiger partial charge in [-0.3, -0.25) is 4.79 Å². The van der Waals surface area contributed by atoms with E-state index in [-0.39, 0.29) is 18.4 Å². The van der Waals surface area contributed by atoms with E-state index < -0.39 is 18.0 Å². The summed E-state index contributed by atoms with van der Waals surface area (Å²) in [5.74, 6) is -1.62. The predicted octanol–water partition coefficient (Wildman–Crippen LogP) is -0.127. The summed E-state index contributed by atoms with van der Waals surface area (Å²) < 4.78 is 0. The van der Waals surface area contributed by atoms with Crippen LogP contribution < -0.4 is 10.6 Å². The van der Waals surface area contributed by atoms with E-state index in [9.17, 15) is 14.4 Å². The molecule has 0 saturated carbocycles. The molecule has 0 bridgehead atoms. The van der Waals surface area contributed by atoms with Gasteiger partial charge in [0.05, 0.1) is 0 Å². The van der Waals surface area contributed by atoms with Gasteiger partial charge in [-0.05, 0) is 12.8 Å². The Balaban J connectivity index is 4.60. The first-order chi connectivity index (χ1) is 8.33. The van der Waals surface area contributed by atoms with Gasteiger partial charge in [-0.1, -0.05) is 13.8 Å². The van der Waals surface area contributed by atoms with Crippen molar-refractivity contribution in [1.82, 2.24) is 15.5 Å². The highest BCUT2D eigenvalue weighted by Gasteiger charge is 2.25. The van der Waals surface area contributed by atoms with Crippen molar-refractivity contribution < 1.29 is 19.5 Å². The number of hydrogen-bond acceptors (Lipinski definition) is 3. The Hall–Kier alpha value is -1.79. The molecule has 0 aliphatic rings. The van der Waals surface area contributed by atoms with E-state index in [2.05, 4.69) is 10.6 Å². The minimum absolute atomic E-state index is 0.0940. The van der Waals surface area contributed by atoms with Crippen LogP contribution in [0.1, 0.15) is 20.8 Å². The van der Waals surface area contributed by atoms with E-state index in [1.807, 2.05) is 0 Å². The van der Waals surface area contributed by atoms with Crippen LogP contribution >= 0.6 is 0 Å². The molecule has 0 heterocycles. The lowest BCUT2D eigenvalue weighted by atomic mass is 10.1. The average Bonchev–Trinajstić information content (AvgIpc) is 2.31. The fraction of sp³-hybridized carbons (Fsp3) is 0.727. The van der Waals surface area contributed by atoms with E-state index in [1.54, 1.807) is 20.8 Å². The van der Waals surface area contributed by atoms with Gasteiger partial charge < -0.3 is 20.6 Å². The zero-order valence-corrected chi connectivity index (χ0v) is 11.2. The molecule has 0 rings (SSSR count). The molecule has 0 aromatic carbocycles. The van der Waals surface area contributed by atoms with Crippen LogP contribution in [0.2, 0.25) is 0 Å². The number of carbonyl (C=O) groups is 3. The molecule has 7 heteroatoms. The predicted molar refractivity (Wildman–Crippen MR) is 66.1 cm³/mol. The molecular weight excluding hydrogens is 238 g/mol. The van der Waals surface area contributed by atoms with E-state index in [1.165, 1.54) is 11.9 Å². The van der Waals surface area contributed by atoms with Crippen LogP contribution in [-0.2, 0) is 9.59 Å². The average molecular weight is 259 g/mol. The number of urea groups is 1. The highest BCUT2D eigenvalue weighted by atomic mass is 16.4. The summed E-state index contributed by atoms with van der Waals surface area (Å²) in [5, 5.41) is 13.8. The number of aliphatic carboxylic acids is 1. The van der Waals surface area contributed by atoms with Gasteiger partial charge in [0.2, 0.25) is 5.91 Å². The van der Waals surface area contributed by atoms with Crippen LogP contribution in [0.3, 0.4) is 0 Å². The number of rotatable bonds is 6. The van der Waals surface area contributed by atoms with Gasteiger partial charge in [0.25, 0.3) is 0 Å². The molecule has 0 aliphatic carbocycles. The highest BCUT2D eigenvalue weighted by molar-refractivity contribution is 5.86. The van der Waals surface area contributed by atoms with Crippen LogP contribution in [0.15, 0.2) is 0 Å². The largest absolute Gasteiger partial charge is 0.480 e. The third-order valence-electron chi connectivity index (χ3n) is 2.49. The number of carbonyl (C=O) groups excluding carboxylic acids is 2. The fourth-order valence-electron chi connectivity index (χ4n) is 1.32. The minimum atomic E-state index is -1.09. The van der Waals surface area contributed by atoms with Crippen LogP contribution in [0.5, 0.6) is 0 Å². The normalized spacial score (nSPS) is 11.8. The van der Waals surface area contributed by atoms with E-state index in [0.717, 1.165) is 0 Å². The monoisotopic (exact) mass is 259 g/mol. The Kier molecular flexibility index (Phi) is 6.77. The summed E-state index contributed by atoms with van der Waals surface area (Å²) >= 11 is 0. The number of hydrogen-bond donors (Lipinski definition) is 3. The minimum Gasteiger partial charge on any atom is -0.480 e. The Morgan fingerprint density at radius 3 is 2.17 bits per heavy atom. The second-order valence-electron chi connectivity index (χ2n) is 4.20. The first-order valence-corrected chi connectivity index (χ1v) is 5.82. The van der Waals surface area contributed by atoms with Crippen LogP contribution in [0, 0.1) is 5.92 Å². The van der Waals surface area contributed by atoms with Crippen molar-refractivity contribution in [3.05, 3.63) is 0 Å². The molecular formula is C11H21N3O4. The van der Waals surface area contributed by atoms with E-state index >= 15 is 0 Å². The molecule has 0 fully saturated rings. The number of carboxylic acid groups (broad SMARTS) is 1. The summed E-state index contributed by atoms with van der Waals surface area (Å²) in [7, 11) is 1.47. The number of nitrogens with zero attached hydrogens (tertiary/aromatic N) is 1. The second-order valence-corrected chi connectivity index (χ2v) is 4.20.